The fourth-order valence-electron chi connectivity index (χ4n) is 3.09. The SMILES string of the molecule is CC(CCN1CCC(CF)(CF)CC1)CNC(=O)OCc1ccccc1.Cl. The molecule has 0 radical (unpaired) electrons. The quantitative estimate of drug-likeness (QED) is 0.664. The molecule has 1 unspecified atom stereocenters. The molecule has 0 bridgehead atoms. The van der Waals surface area contributed by atoms with E-state index in [1.807, 2.05) is 30.3 Å². The van der Waals surface area contributed by atoms with Gasteiger partial charge in [0.1, 0.15) is 6.61 Å². The number of hydrogen-bond donors (Lipinski definition) is 1. The number of hydrogen-bond acceptors (Lipinski definition) is 3. The average Bonchev–Trinajstić information content (AvgIpc) is 2.70. The molecular weight excluding hydrogens is 374 g/mol. The minimum atomic E-state index is -0.744. The van der Waals surface area contributed by atoms with Gasteiger partial charge in [0.25, 0.3) is 0 Å². The molecule has 4 nitrogen and oxygen atoms in total. The molecular formula is C20H31ClF2N2O2. The first-order valence-corrected chi connectivity index (χ1v) is 9.36. The zero-order chi connectivity index (χ0) is 18.8. The molecule has 27 heavy (non-hydrogen) atoms. The van der Waals surface area contributed by atoms with Gasteiger partial charge in [0.05, 0.1) is 13.3 Å². The Hall–Kier alpha value is -1.40. The van der Waals surface area contributed by atoms with Crippen LogP contribution < -0.4 is 5.32 Å². The lowest BCUT2D eigenvalue weighted by atomic mass is 9.81. The third-order valence-electron chi connectivity index (χ3n) is 5.23. The second-order valence-corrected chi connectivity index (χ2v) is 7.45. The number of carbonyl (C=O) groups excluding carboxylic acids is 1. The zero-order valence-electron chi connectivity index (χ0n) is 16.0. The van der Waals surface area contributed by atoms with Gasteiger partial charge in [-0.05, 0) is 50.4 Å². The average molecular weight is 405 g/mol. The molecule has 0 aliphatic carbocycles. The lowest BCUT2D eigenvalue weighted by Gasteiger charge is -2.38. The number of carbonyl (C=O) groups is 1. The van der Waals surface area contributed by atoms with Crippen molar-refractivity contribution >= 4 is 18.5 Å². The van der Waals surface area contributed by atoms with Crippen molar-refractivity contribution in [3.05, 3.63) is 35.9 Å². The maximum absolute atomic E-state index is 13.0. The van der Waals surface area contributed by atoms with Crippen LogP contribution in [0.15, 0.2) is 30.3 Å². The molecule has 154 valence electrons. The first-order chi connectivity index (χ1) is 12.6. The predicted molar refractivity (Wildman–Crippen MR) is 106 cm³/mol. The van der Waals surface area contributed by atoms with Gasteiger partial charge in [0.15, 0.2) is 0 Å². The highest BCUT2D eigenvalue weighted by Gasteiger charge is 2.34. The van der Waals surface area contributed by atoms with E-state index in [-0.39, 0.29) is 19.0 Å². The molecule has 0 aromatic heterocycles. The van der Waals surface area contributed by atoms with Gasteiger partial charge in [-0.25, -0.2) is 4.79 Å². The number of piperidine rings is 1. The van der Waals surface area contributed by atoms with E-state index < -0.39 is 24.9 Å². The highest BCUT2D eigenvalue weighted by atomic mass is 35.5. The van der Waals surface area contributed by atoms with E-state index in [2.05, 4.69) is 17.1 Å². The number of halogens is 3. The van der Waals surface area contributed by atoms with Gasteiger partial charge in [-0.15, -0.1) is 12.4 Å². The van der Waals surface area contributed by atoms with Crippen molar-refractivity contribution < 1.29 is 18.3 Å². The number of nitrogens with zero attached hydrogens (tertiary/aromatic N) is 1. The number of alkyl halides is 2. The zero-order valence-corrected chi connectivity index (χ0v) is 16.8. The summed E-state index contributed by atoms with van der Waals surface area (Å²) >= 11 is 0. The van der Waals surface area contributed by atoms with Crippen LogP contribution >= 0.6 is 12.4 Å². The van der Waals surface area contributed by atoms with E-state index in [0.29, 0.717) is 25.3 Å². The monoisotopic (exact) mass is 404 g/mol. The molecule has 1 aromatic carbocycles. The second kappa shape index (κ2) is 12.1. The summed E-state index contributed by atoms with van der Waals surface area (Å²) in [6, 6.07) is 9.56. The van der Waals surface area contributed by atoms with Crippen molar-refractivity contribution in [2.24, 2.45) is 11.3 Å². The smallest absolute Gasteiger partial charge is 0.407 e. The van der Waals surface area contributed by atoms with Crippen molar-refractivity contribution in [1.29, 1.82) is 0 Å². The molecule has 1 fully saturated rings. The maximum atomic E-state index is 13.0. The summed E-state index contributed by atoms with van der Waals surface area (Å²) in [6.45, 7) is 4.14. The molecule has 2 rings (SSSR count). The number of rotatable bonds is 9. The summed E-state index contributed by atoms with van der Waals surface area (Å²) in [7, 11) is 0. The van der Waals surface area contributed by atoms with Crippen molar-refractivity contribution in [3.8, 4) is 0 Å². The first kappa shape index (κ1) is 23.6. The standard InChI is InChI=1S/C20H30F2N2O2.ClH/c1-17(7-10-24-11-8-20(15-21,16-22)9-12-24)13-23-19(25)26-14-18-5-3-2-4-6-18;/h2-6,17H,7-16H2,1H3,(H,23,25);1H. The fraction of sp³-hybridized carbons (Fsp3) is 0.650. The number of benzene rings is 1. The van der Waals surface area contributed by atoms with Crippen LogP contribution in [0.5, 0.6) is 0 Å². The van der Waals surface area contributed by atoms with Gasteiger partial charge >= 0.3 is 6.09 Å². The van der Waals surface area contributed by atoms with Crippen LogP contribution in [0.4, 0.5) is 13.6 Å². The summed E-state index contributed by atoms with van der Waals surface area (Å²) in [5.74, 6) is 0.313. The lowest BCUT2D eigenvalue weighted by molar-refractivity contribution is 0.0524. The largest absolute Gasteiger partial charge is 0.445 e. The van der Waals surface area contributed by atoms with Crippen LogP contribution in [-0.4, -0.2) is 50.5 Å². The van der Waals surface area contributed by atoms with E-state index in [0.717, 1.165) is 31.6 Å². The topological polar surface area (TPSA) is 41.6 Å². The Balaban J connectivity index is 0.00000364. The first-order valence-electron chi connectivity index (χ1n) is 9.36. The van der Waals surface area contributed by atoms with E-state index in [4.69, 9.17) is 4.74 Å². The summed E-state index contributed by atoms with van der Waals surface area (Å²) < 4.78 is 31.2. The van der Waals surface area contributed by atoms with E-state index in [1.54, 1.807) is 0 Å². The number of alkyl carbamates (subject to hydrolysis) is 1. The molecule has 0 saturated carbocycles. The van der Waals surface area contributed by atoms with Gasteiger partial charge in [0, 0.05) is 12.0 Å². The molecule has 0 spiro atoms. The Labute approximate surface area is 167 Å². The van der Waals surface area contributed by atoms with Crippen molar-refractivity contribution in [1.82, 2.24) is 10.2 Å². The molecule has 1 N–H and O–H groups in total. The van der Waals surface area contributed by atoms with Crippen LogP contribution in [0.2, 0.25) is 0 Å². The minimum Gasteiger partial charge on any atom is -0.445 e. The third-order valence-corrected chi connectivity index (χ3v) is 5.23. The molecule has 1 atom stereocenters. The summed E-state index contributed by atoms with van der Waals surface area (Å²) in [5.41, 5.74) is 0.213. The van der Waals surface area contributed by atoms with Crippen molar-refractivity contribution in [2.45, 2.75) is 32.8 Å². The molecule has 1 aromatic rings. The Morgan fingerprint density at radius 1 is 1.22 bits per heavy atom. The molecule has 1 amide bonds. The Kier molecular flexibility index (Phi) is 10.6. The summed E-state index contributed by atoms with van der Waals surface area (Å²) in [4.78, 5) is 14.0. The number of likely N-dealkylation sites (tertiary alicyclic amines) is 1. The Bertz CT molecular complexity index is 534. The van der Waals surface area contributed by atoms with E-state index in [1.165, 1.54) is 0 Å². The fourth-order valence-corrected chi connectivity index (χ4v) is 3.09. The maximum Gasteiger partial charge on any atom is 0.407 e. The summed E-state index contributed by atoms with van der Waals surface area (Å²) in [5, 5.41) is 2.79. The van der Waals surface area contributed by atoms with Crippen LogP contribution in [0, 0.1) is 11.3 Å². The Morgan fingerprint density at radius 3 is 2.44 bits per heavy atom. The minimum absolute atomic E-state index is 0. The molecule has 1 heterocycles. The van der Waals surface area contributed by atoms with Crippen molar-refractivity contribution in [2.75, 3.05) is 39.5 Å². The van der Waals surface area contributed by atoms with Crippen LogP contribution in [0.25, 0.3) is 0 Å². The van der Waals surface area contributed by atoms with Crippen molar-refractivity contribution in [3.63, 3.8) is 0 Å². The summed E-state index contributed by atoms with van der Waals surface area (Å²) in [6.07, 6.45) is 1.68. The van der Waals surface area contributed by atoms with Crippen LogP contribution in [0.1, 0.15) is 31.7 Å². The Morgan fingerprint density at radius 2 is 1.85 bits per heavy atom. The molecule has 7 heteroatoms. The van der Waals surface area contributed by atoms with Gasteiger partial charge in [-0.3, -0.25) is 8.78 Å². The normalized spacial score (nSPS) is 17.6. The van der Waals surface area contributed by atoms with Gasteiger partial charge in [-0.1, -0.05) is 37.3 Å². The van der Waals surface area contributed by atoms with Crippen LogP contribution in [-0.2, 0) is 11.3 Å². The molecule has 1 saturated heterocycles. The third kappa shape index (κ3) is 8.01. The molecule has 1 aliphatic heterocycles. The van der Waals surface area contributed by atoms with E-state index >= 15 is 0 Å². The molecule has 1 aliphatic rings. The number of nitrogens with one attached hydrogen (secondary N) is 1. The number of ether oxygens (including phenoxy) is 1. The lowest BCUT2D eigenvalue weighted by Crippen LogP contribution is -2.43. The second-order valence-electron chi connectivity index (χ2n) is 7.45. The van der Waals surface area contributed by atoms with Gasteiger partial charge in [0.2, 0.25) is 0 Å². The predicted octanol–water partition coefficient (Wildman–Crippen LogP) is 4.38. The highest BCUT2D eigenvalue weighted by molar-refractivity contribution is 5.85. The highest BCUT2D eigenvalue weighted by Crippen LogP contribution is 2.32. The van der Waals surface area contributed by atoms with Gasteiger partial charge < -0.3 is 15.0 Å². The van der Waals surface area contributed by atoms with Gasteiger partial charge in [-0.2, -0.15) is 0 Å². The van der Waals surface area contributed by atoms with Crippen LogP contribution in [0.3, 0.4) is 0 Å². The number of amides is 1. The van der Waals surface area contributed by atoms with E-state index in [9.17, 15) is 13.6 Å².